The molecule has 8 heteroatoms. The van der Waals surface area contributed by atoms with Crippen molar-refractivity contribution in [2.24, 2.45) is 5.29 Å². The van der Waals surface area contributed by atoms with Crippen LogP contribution in [0.25, 0.3) is 11.1 Å². The van der Waals surface area contributed by atoms with E-state index in [9.17, 15) is 9.70 Å². The number of oxazole rings is 1. The number of fused-ring (bicyclic) bond motifs is 1. The van der Waals surface area contributed by atoms with Gasteiger partial charge < -0.3 is 14.4 Å². The number of carboxylic acid groups (broad SMARTS) is 1. The number of hydrogen-bond donors (Lipinski definition) is 1. The van der Waals surface area contributed by atoms with Gasteiger partial charge in [-0.2, -0.15) is 4.98 Å². The molecule has 1 aliphatic heterocycles. The highest BCUT2D eigenvalue weighted by atomic mass is 16.4. The lowest BCUT2D eigenvalue weighted by Gasteiger charge is -2.29. The van der Waals surface area contributed by atoms with Crippen molar-refractivity contribution in [3.63, 3.8) is 0 Å². The molecule has 8 nitrogen and oxygen atoms in total. The van der Waals surface area contributed by atoms with Gasteiger partial charge in [-0.1, -0.05) is 6.07 Å². The molecule has 0 aliphatic carbocycles. The third kappa shape index (κ3) is 2.04. The molecule has 0 saturated carbocycles. The maximum atomic E-state index is 11.1. The monoisotopic (exact) mass is 276 g/mol. The molecule has 0 amide bonds. The third-order valence-electron chi connectivity index (χ3n) is 3.28. The molecule has 1 fully saturated rings. The molecule has 1 aromatic heterocycles. The number of rotatable bonds is 3. The van der Waals surface area contributed by atoms with Crippen molar-refractivity contribution in [1.29, 1.82) is 0 Å². The van der Waals surface area contributed by atoms with Gasteiger partial charge in [-0.25, -0.2) is 4.79 Å². The van der Waals surface area contributed by atoms with Gasteiger partial charge in [0, 0.05) is 13.1 Å². The molecule has 2 aromatic rings. The molecule has 104 valence electrons. The Kier molecular flexibility index (Phi) is 2.97. The molecule has 0 bridgehead atoms. The topological polar surface area (TPSA) is 99.2 Å². The standard InChI is InChI=1S/C12H12N4O4/c17-11(18)8-2-1-3-9-10(8)20-12(13-9)15-4-6-16(14-19)7-5-15/h1-3H,4-7H2,(H,17,18). The molecule has 2 heterocycles. The molecule has 3 rings (SSSR count). The Balaban J connectivity index is 1.92. The molecule has 0 atom stereocenters. The zero-order valence-corrected chi connectivity index (χ0v) is 10.5. The minimum absolute atomic E-state index is 0.0921. The van der Waals surface area contributed by atoms with Crippen LogP contribution in [0.5, 0.6) is 0 Å². The van der Waals surface area contributed by atoms with E-state index in [0.717, 1.165) is 0 Å². The number of carbonyl (C=O) groups is 1. The Morgan fingerprint density at radius 3 is 2.70 bits per heavy atom. The van der Waals surface area contributed by atoms with E-state index in [1.165, 1.54) is 11.1 Å². The number of hydrogen-bond acceptors (Lipinski definition) is 6. The normalized spacial score (nSPS) is 15.6. The number of carboxylic acids is 1. The van der Waals surface area contributed by atoms with Gasteiger partial charge >= 0.3 is 5.97 Å². The van der Waals surface area contributed by atoms with Gasteiger partial charge in [-0.3, -0.25) is 5.01 Å². The van der Waals surface area contributed by atoms with E-state index in [2.05, 4.69) is 10.3 Å². The van der Waals surface area contributed by atoms with E-state index < -0.39 is 5.97 Å². The van der Waals surface area contributed by atoms with E-state index in [1.54, 1.807) is 12.1 Å². The number of benzene rings is 1. The van der Waals surface area contributed by atoms with Crippen molar-refractivity contribution in [3.8, 4) is 0 Å². The first kappa shape index (κ1) is 12.4. The second-order valence-corrected chi connectivity index (χ2v) is 4.48. The number of anilines is 1. The molecule has 1 N–H and O–H groups in total. The number of nitrogens with zero attached hydrogens (tertiary/aromatic N) is 4. The highest BCUT2D eigenvalue weighted by molar-refractivity contribution is 6.00. The summed E-state index contributed by atoms with van der Waals surface area (Å²) in [5, 5.41) is 13.4. The molecule has 0 spiro atoms. The van der Waals surface area contributed by atoms with Crippen molar-refractivity contribution >= 4 is 23.1 Å². The first-order chi connectivity index (χ1) is 9.69. The van der Waals surface area contributed by atoms with Crippen LogP contribution in [0, 0.1) is 4.91 Å². The summed E-state index contributed by atoms with van der Waals surface area (Å²) in [5.74, 6) is -1.05. The van der Waals surface area contributed by atoms with Gasteiger partial charge in [0.1, 0.15) is 11.1 Å². The van der Waals surface area contributed by atoms with E-state index in [1.807, 2.05) is 4.90 Å². The van der Waals surface area contributed by atoms with Crippen molar-refractivity contribution < 1.29 is 14.3 Å². The fourth-order valence-corrected chi connectivity index (χ4v) is 2.21. The van der Waals surface area contributed by atoms with E-state index in [4.69, 9.17) is 9.52 Å². The van der Waals surface area contributed by atoms with Crippen LogP contribution >= 0.6 is 0 Å². The molecule has 0 radical (unpaired) electrons. The summed E-state index contributed by atoms with van der Waals surface area (Å²) in [5.41, 5.74) is 0.872. The molecular formula is C12H12N4O4. The average Bonchev–Trinajstić information content (AvgIpc) is 2.90. The van der Waals surface area contributed by atoms with Crippen LogP contribution in [0.2, 0.25) is 0 Å². The van der Waals surface area contributed by atoms with Gasteiger partial charge in [0.15, 0.2) is 5.58 Å². The molecule has 1 aliphatic rings. The zero-order valence-electron chi connectivity index (χ0n) is 10.5. The Morgan fingerprint density at radius 2 is 2.05 bits per heavy atom. The van der Waals surface area contributed by atoms with Crippen LogP contribution in [-0.4, -0.2) is 47.2 Å². The third-order valence-corrected chi connectivity index (χ3v) is 3.28. The fourth-order valence-electron chi connectivity index (χ4n) is 2.21. The predicted octanol–water partition coefficient (Wildman–Crippen LogP) is 1.33. The van der Waals surface area contributed by atoms with Gasteiger partial charge in [-0.05, 0) is 12.1 Å². The maximum absolute atomic E-state index is 11.1. The maximum Gasteiger partial charge on any atom is 0.339 e. The average molecular weight is 276 g/mol. The fraction of sp³-hybridized carbons (Fsp3) is 0.333. The number of nitroso groups, excluding NO2 is 1. The van der Waals surface area contributed by atoms with Crippen molar-refractivity contribution in [1.82, 2.24) is 9.99 Å². The lowest BCUT2D eigenvalue weighted by molar-refractivity contribution is 0.0698. The second kappa shape index (κ2) is 4.80. The summed E-state index contributed by atoms with van der Waals surface area (Å²) < 4.78 is 5.58. The summed E-state index contributed by atoms with van der Waals surface area (Å²) >= 11 is 0. The minimum Gasteiger partial charge on any atom is -0.478 e. The number of piperazine rings is 1. The first-order valence-electron chi connectivity index (χ1n) is 6.15. The largest absolute Gasteiger partial charge is 0.478 e. The molecule has 20 heavy (non-hydrogen) atoms. The lowest BCUT2D eigenvalue weighted by atomic mass is 10.2. The first-order valence-corrected chi connectivity index (χ1v) is 6.15. The van der Waals surface area contributed by atoms with Crippen LogP contribution < -0.4 is 4.90 Å². The molecule has 1 saturated heterocycles. The zero-order chi connectivity index (χ0) is 14.1. The Labute approximate surface area is 113 Å². The minimum atomic E-state index is -1.05. The number of aromatic nitrogens is 1. The molecule has 0 unspecified atom stereocenters. The highest BCUT2D eigenvalue weighted by Crippen LogP contribution is 2.25. The molecular weight excluding hydrogens is 264 g/mol. The smallest absolute Gasteiger partial charge is 0.339 e. The van der Waals surface area contributed by atoms with Crippen molar-refractivity contribution in [2.75, 3.05) is 31.1 Å². The summed E-state index contributed by atoms with van der Waals surface area (Å²) in [6, 6.07) is 5.19. The Hall–Kier alpha value is -2.64. The Morgan fingerprint density at radius 1 is 1.30 bits per heavy atom. The van der Waals surface area contributed by atoms with Gasteiger partial charge in [0.2, 0.25) is 0 Å². The summed E-state index contributed by atoms with van der Waals surface area (Å²) in [7, 11) is 0. The lowest BCUT2D eigenvalue weighted by Crippen LogP contribution is -2.44. The van der Waals surface area contributed by atoms with Crippen LogP contribution in [0.15, 0.2) is 27.9 Å². The van der Waals surface area contributed by atoms with Crippen LogP contribution in [0.4, 0.5) is 6.01 Å². The van der Waals surface area contributed by atoms with E-state index >= 15 is 0 Å². The molecule has 1 aromatic carbocycles. The second-order valence-electron chi connectivity index (χ2n) is 4.48. The summed E-state index contributed by atoms with van der Waals surface area (Å²) in [4.78, 5) is 27.7. The van der Waals surface area contributed by atoms with E-state index in [-0.39, 0.29) is 11.1 Å². The highest BCUT2D eigenvalue weighted by Gasteiger charge is 2.22. The summed E-state index contributed by atoms with van der Waals surface area (Å²) in [6.45, 7) is 2.10. The van der Waals surface area contributed by atoms with Crippen molar-refractivity contribution in [3.05, 3.63) is 28.7 Å². The number of para-hydroxylation sites is 1. The van der Waals surface area contributed by atoms with Gasteiger partial charge in [0.25, 0.3) is 6.01 Å². The predicted molar refractivity (Wildman–Crippen MR) is 70.5 cm³/mol. The SMILES string of the molecule is O=NN1CCN(c2nc3cccc(C(=O)O)c3o2)CC1. The van der Waals surface area contributed by atoms with Crippen LogP contribution in [0.1, 0.15) is 10.4 Å². The quantitative estimate of drug-likeness (QED) is 0.844. The van der Waals surface area contributed by atoms with Crippen LogP contribution in [-0.2, 0) is 0 Å². The van der Waals surface area contributed by atoms with Crippen molar-refractivity contribution in [2.45, 2.75) is 0 Å². The Bertz CT molecular complexity index is 661. The van der Waals surface area contributed by atoms with E-state index in [0.29, 0.717) is 37.7 Å². The number of aromatic carboxylic acids is 1. The summed E-state index contributed by atoms with van der Waals surface area (Å²) in [6.07, 6.45) is 0. The van der Waals surface area contributed by atoms with Crippen LogP contribution in [0.3, 0.4) is 0 Å². The van der Waals surface area contributed by atoms with Gasteiger partial charge in [-0.15, -0.1) is 4.91 Å². The van der Waals surface area contributed by atoms with Gasteiger partial charge in [0.05, 0.1) is 18.4 Å².